The maximum atomic E-state index is 12.7. The first-order valence-electron chi connectivity index (χ1n) is 10.9. The van der Waals surface area contributed by atoms with Crippen molar-refractivity contribution in [3.63, 3.8) is 0 Å². The van der Waals surface area contributed by atoms with E-state index in [1.807, 2.05) is 73.6 Å². The molecule has 0 bridgehead atoms. The van der Waals surface area contributed by atoms with Gasteiger partial charge in [-0.25, -0.2) is 4.98 Å². The van der Waals surface area contributed by atoms with E-state index in [0.29, 0.717) is 12.3 Å². The molecule has 0 atom stereocenters. The second-order valence-corrected chi connectivity index (χ2v) is 9.10. The first kappa shape index (κ1) is 21.2. The number of fused-ring (bicyclic) bond motifs is 2. The Bertz CT molecular complexity index is 1490. The van der Waals surface area contributed by atoms with Gasteiger partial charge in [0.1, 0.15) is 17.3 Å². The second kappa shape index (κ2) is 8.37. The molecule has 0 unspecified atom stereocenters. The highest BCUT2D eigenvalue weighted by Gasteiger charge is 2.19. The lowest BCUT2D eigenvalue weighted by molar-refractivity contribution is 0.0954. The van der Waals surface area contributed by atoms with E-state index in [4.69, 9.17) is 4.74 Å². The number of hydrogen-bond donors (Lipinski definition) is 1. The molecule has 5 aromatic rings. The maximum absolute atomic E-state index is 12.7. The van der Waals surface area contributed by atoms with Gasteiger partial charge in [-0.1, -0.05) is 6.92 Å². The summed E-state index contributed by atoms with van der Waals surface area (Å²) < 4.78 is 11.3. The molecular formula is C25H25N5O2S. The van der Waals surface area contributed by atoms with E-state index in [0.717, 1.165) is 55.2 Å². The van der Waals surface area contributed by atoms with Crippen molar-refractivity contribution < 1.29 is 9.53 Å². The summed E-state index contributed by atoms with van der Waals surface area (Å²) >= 11 is 1.61. The van der Waals surface area contributed by atoms with Crippen LogP contribution in [0.25, 0.3) is 31.8 Å². The highest BCUT2D eigenvalue weighted by molar-refractivity contribution is 7.22. The van der Waals surface area contributed by atoms with Gasteiger partial charge in [-0.05, 0) is 31.5 Å². The molecule has 0 aliphatic heterocycles. The Kier molecular flexibility index (Phi) is 5.38. The molecular weight excluding hydrogens is 434 g/mol. The van der Waals surface area contributed by atoms with Gasteiger partial charge in [0.2, 0.25) is 0 Å². The smallest absolute Gasteiger partial charge is 0.253 e. The van der Waals surface area contributed by atoms with Gasteiger partial charge in [-0.15, -0.1) is 11.3 Å². The molecule has 1 amide bonds. The van der Waals surface area contributed by atoms with Crippen molar-refractivity contribution >= 4 is 38.4 Å². The Balaban J connectivity index is 1.52. The normalized spacial score (nSPS) is 11.4. The predicted octanol–water partition coefficient (Wildman–Crippen LogP) is 5.43. The standard InChI is InChI=1S/C25H25N5O2S/c1-5-9-28-25(31)22-15(2)30(4)19-13-16(6-7-17(19)22)32-20-8-10-26-18-14-21(33-23(18)20)24-27-11-12-29(24)3/h6-8,10-14H,5,9H2,1-4H3,(H,28,31). The van der Waals surface area contributed by atoms with Crippen LogP contribution in [-0.4, -0.2) is 31.6 Å². The van der Waals surface area contributed by atoms with Crippen molar-refractivity contribution in [2.75, 3.05) is 6.54 Å². The van der Waals surface area contributed by atoms with E-state index >= 15 is 0 Å². The molecule has 0 aliphatic rings. The molecule has 8 heteroatoms. The summed E-state index contributed by atoms with van der Waals surface area (Å²) in [4.78, 5) is 22.7. The van der Waals surface area contributed by atoms with E-state index in [-0.39, 0.29) is 5.91 Å². The van der Waals surface area contributed by atoms with Crippen LogP contribution in [0.15, 0.2) is 48.9 Å². The molecule has 1 N–H and O–H groups in total. The fourth-order valence-corrected chi connectivity index (χ4v) is 5.16. The summed E-state index contributed by atoms with van der Waals surface area (Å²) in [5.74, 6) is 2.32. The molecule has 0 radical (unpaired) electrons. The third-order valence-electron chi connectivity index (χ3n) is 5.87. The number of carbonyl (C=O) groups is 1. The quantitative estimate of drug-likeness (QED) is 0.367. The van der Waals surface area contributed by atoms with Crippen LogP contribution in [0.3, 0.4) is 0 Å². The zero-order valence-electron chi connectivity index (χ0n) is 19.0. The summed E-state index contributed by atoms with van der Waals surface area (Å²) in [6.45, 7) is 4.68. The fourth-order valence-electron chi connectivity index (χ4n) is 4.06. The van der Waals surface area contributed by atoms with Gasteiger partial charge in [-0.2, -0.15) is 0 Å². The lowest BCUT2D eigenvalue weighted by Gasteiger charge is -2.07. The van der Waals surface area contributed by atoms with Gasteiger partial charge < -0.3 is 19.2 Å². The Labute approximate surface area is 195 Å². The maximum Gasteiger partial charge on any atom is 0.253 e. The van der Waals surface area contributed by atoms with E-state index in [2.05, 4.69) is 15.3 Å². The minimum absolute atomic E-state index is 0.0372. The number of carbonyl (C=O) groups excluding carboxylic acids is 1. The van der Waals surface area contributed by atoms with Crippen LogP contribution in [0.1, 0.15) is 29.4 Å². The van der Waals surface area contributed by atoms with E-state index in [9.17, 15) is 4.79 Å². The zero-order chi connectivity index (χ0) is 23.1. The van der Waals surface area contributed by atoms with Crippen LogP contribution in [0.2, 0.25) is 0 Å². The highest BCUT2D eigenvalue weighted by atomic mass is 32.1. The van der Waals surface area contributed by atoms with Crippen molar-refractivity contribution in [3.05, 3.63) is 60.2 Å². The minimum atomic E-state index is -0.0372. The average molecular weight is 460 g/mol. The number of pyridine rings is 1. The number of nitrogens with one attached hydrogen (secondary N) is 1. The molecule has 168 valence electrons. The van der Waals surface area contributed by atoms with Crippen LogP contribution in [0.4, 0.5) is 0 Å². The molecule has 0 fully saturated rings. The number of benzene rings is 1. The number of aromatic nitrogens is 4. The van der Waals surface area contributed by atoms with Crippen molar-refractivity contribution in [1.29, 1.82) is 0 Å². The Morgan fingerprint density at radius 1 is 1.15 bits per heavy atom. The molecule has 4 heterocycles. The Morgan fingerprint density at radius 2 is 2.00 bits per heavy atom. The van der Waals surface area contributed by atoms with Gasteiger partial charge in [0.05, 0.1) is 26.2 Å². The lowest BCUT2D eigenvalue weighted by atomic mass is 10.1. The molecule has 1 aromatic carbocycles. The molecule has 0 spiro atoms. The van der Waals surface area contributed by atoms with Crippen LogP contribution in [0.5, 0.6) is 11.5 Å². The van der Waals surface area contributed by atoms with Crippen LogP contribution < -0.4 is 10.1 Å². The number of ether oxygens (including phenoxy) is 1. The zero-order valence-corrected chi connectivity index (χ0v) is 19.9. The van der Waals surface area contributed by atoms with E-state index in [1.54, 1.807) is 23.7 Å². The third kappa shape index (κ3) is 3.66. The largest absolute Gasteiger partial charge is 0.456 e. The number of amides is 1. The average Bonchev–Trinajstić information content (AvgIpc) is 3.49. The lowest BCUT2D eigenvalue weighted by Crippen LogP contribution is -2.24. The van der Waals surface area contributed by atoms with Gasteiger partial charge in [0, 0.05) is 62.4 Å². The summed E-state index contributed by atoms with van der Waals surface area (Å²) in [5.41, 5.74) is 3.48. The molecule has 5 rings (SSSR count). The van der Waals surface area contributed by atoms with Crippen molar-refractivity contribution in [2.45, 2.75) is 20.3 Å². The fraction of sp³-hybridized carbons (Fsp3) is 0.240. The first-order chi connectivity index (χ1) is 16.0. The topological polar surface area (TPSA) is 74.0 Å². The number of hydrogen-bond acceptors (Lipinski definition) is 5. The summed E-state index contributed by atoms with van der Waals surface area (Å²) in [5, 5.41) is 3.91. The SMILES string of the molecule is CCCNC(=O)c1c(C)n(C)c2cc(Oc3ccnc4cc(-c5nccn5C)sc34)ccc12. The van der Waals surface area contributed by atoms with Crippen LogP contribution >= 0.6 is 11.3 Å². The summed E-state index contributed by atoms with van der Waals surface area (Å²) in [6.07, 6.45) is 6.38. The Morgan fingerprint density at radius 3 is 2.76 bits per heavy atom. The summed E-state index contributed by atoms with van der Waals surface area (Å²) in [7, 11) is 3.95. The van der Waals surface area contributed by atoms with Gasteiger partial charge in [-0.3, -0.25) is 9.78 Å². The number of imidazole rings is 1. The molecule has 4 aromatic heterocycles. The first-order valence-corrected chi connectivity index (χ1v) is 11.7. The number of nitrogens with zero attached hydrogens (tertiary/aromatic N) is 4. The van der Waals surface area contributed by atoms with Crippen molar-refractivity contribution in [2.24, 2.45) is 14.1 Å². The van der Waals surface area contributed by atoms with Crippen molar-refractivity contribution in [3.8, 4) is 22.2 Å². The van der Waals surface area contributed by atoms with E-state index < -0.39 is 0 Å². The van der Waals surface area contributed by atoms with Crippen molar-refractivity contribution in [1.82, 2.24) is 24.4 Å². The van der Waals surface area contributed by atoms with Crippen LogP contribution in [-0.2, 0) is 14.1 Å². The van der Waals surface area contributed by atoms with E-state index in [1.165, 1.54) is 0 Å². The van der Waals surface area contributed by atoms with Gasteiger partial charge in [0.15, 0.2) is 0 Å². The Hall–Kier alpha value is -3.65. The molecule has 0 aliphatic carbocycles. The number of rotatable bonds is 6. The van der Waals surface area contributed by atoms with Crippen LogP contribution in [0, 0.1) is 6.92 Å². The van der Waals surface area contributed by atoms with Gasteiger partial charge >= 0.3 is 0 Å². The number of aryl methyl sites for hydroxylation is 2. The molecule has 0 saturated heterocycles. The highest BCUT2D eigenvalue weighted by Crippen LogP contribution is 2.39. The summed E-state index contributed by atoms with van der Waals surface area (Å²) in [6, 6.07) is 9.78. The molecule has 7 nitrogen and oxygen atoms in total. The predicted molar refractivity (Wildman–Crippen MR) is 132 cm³/mol. The second-order valence-electron chi connectivity index (χ2n) is 8.05. The molecule has 33 heavy (non-hydrogen) atoms. The minimum Gasteiger partial charge on any atom is -0.456 e. The number of thiophene rings is 1. The third-order valence-corrected chi connectivity index (χ3v) is 7.01. The molecule has 0 saturated carbocycles. The van der Waals surface area contributed by atoms with Gasteiger partial charge in [0.25, 0.3) is 5.91 Å². The monoisotopic (exact) mass is 459 g/mol.